The number of esters is 1. The van der Waals surface area contributed by atoms with E-state index in [9.17, 15) is 24.6 Å². The van der Waals surface area contributed by atoms with Gasteiger partial charge in [0.2, 0.25) is 5.88 Å². The van der Waals surface area contributed by atoms with E-state index < -0.39 is 35.2 Å². The SMILES string of the molecule is Cc1cc(=O)n(CCOC(=O)C2C3C=CC(C3)C2C(=O)O)c(O)c1C#N. The summed E-state index contributed by atoms with van der Waals surface area (Å²) in [5, 5.41) is 28.4. The van der Waals surface area contributed by atoms with Gasteiger partial charge in [-0.25, -0.2) is 0 Å². The van der Waals surface area contributed by atoms with E-state index >= 15 is 0 Å². The van der Waals surface area contributed by atoms with Gasteiger partial charge < -0.3 is 14.9 Å². The molecule has 8 nitrogen and oxygen atoms in total. The van der Waals surface area contributed by atoms with E-state index in [4.69, 9.17) is 10.00 Å². The Hall–Kier alpha value is -3.08. The van der Waals surface area contributed by atoms with Crippen molar-refractivity contribution in [1.29, 1.82) is 5.26 Å². The minimum atomic E-state index is -1.02. The summed E-state index contributed by atoms with van der Waals surface area (Å²) in [7, 11) is 0. The van der Waals surface area contributed by atoms with Crippen LogP contribution in [0.1, 0.15) is 17.5 Å². The first-order chi connectivity index (χ1) is 12.3. The van der Waals surface area contributed by atoms with Gasteiger partial charge in [-0.1, -0.05) is 12.2 Å². The van der Waals surface area contributed by atoms with Crippen LogP contribution in [0, 0.1) is 41.9 Å². The Morgan fingerprint density at radius 2 is 2.00 bits per heavy atom. The summed E-state index contributed by atoms with van der Waals surface area (Å²) in [5.74, 6) is -3.94. The van der Waals surface area contributed by atoms with Crippen molar-refractivity contribution in [1.82, 2.24) is 4.57 Å². The van der Waals surface area contributed by atoms with E-state index in [1.807, 2.05) is 18.2 Å². The third-order valence-electron chi connectivity index (χ3n) is 5.17. The van der Waals surface area contributed by atoms with Crippen LogP contribution in [0.15, 0.2) is 23.0 Å². The number of rotatable bonds is 5. The summed E-state index contributed by atoms with van der Waals surface area (Å²) in [4.78, 5) is 35.8. The number of pyridine rings is 1. The predicted octanol–water partition coefficient (Wildman–Crippen LogP) is 0.800. The van der Waals surface area contributed by atoms with Crippen LogP contribution in [0.4, 0.5) is 0 Å². The zero-order chi connectivity index (χ0) is 19.0. The molecule has 2 aliphatic rings. The van der Waals surface area contributed by atoms with Gasteiger partial charge in [0.05, 0.1) is 18.4 Å². The number of hydrogen-bond donors (Lipinski definition) is 2. The standard InChI is InChI=1S/C18H18N2O6/c1-9-6-13(21)20(16(22)12(9)8-19)4-5-26-18(25)15-11-3-2-10(7-11)14(15)17(23)24/h2-3,6,10-11,14-15,22H,4-5,7H2,1H3,(H,23,24). The lowest BCUT2D eigenvalue weighted by Gasteiger charge is -2.23. The predicted molar refractivity (Wildman–Crippen MR) is 88.1 cm³/mol. The van der Waals surface area contributed by atoms with Crippen molar-refractivity contribution in [3.8, 4) is 11.9 Å². The second-order valence-electron chi connectivity index (χ2n) is 6.63. The molecule has 26 heavy (non-hydrogen) atoms. The highest BCUT2D eigenvalue weighted by atomic mass is 16.5. The van der Waals surface area contributed by atoms with E-state index in [1.54, 1.807) is 6.92 Å². The molecule has 4 atom stereocenters. The molecule has 1 aromatic rings. The van der Waals surface area contributed by atoms with Gasteiger partial charge in [0.25, 0.3) is 5.56 Å². The number of aromatic hydroxyl groups is 1. The maximum Gasteiger partial charge on any atom is 0.310 e. The van der Waals surface area contributed by atoms with Gasteiger partial charge in [0, 0.05) is 6.07 Å². The Morgan fingerprint density at radius 1 is 1.35 bits per heavy atom. The molecule has 2 bridgehead atoms. The van der Waals surface area contributed by atoms with E-state index in [2.05, 4.69) is 0 Å². The average molecular weight is 358 g/mol. The minimum absolute atomic E-state index is 0.0138. The smallest absolute Gasteiger partial charge is 0.310 e. The van der Waals surface area contributed by atoms with Crippen LogP contribution >= 0.6 is 0 Å². The molecule has 0 radical (unpaired) electrons. The number of nitriles is 1. The molecule has 0 spiro atoms. The lowest BCUT2D eigenvalue weighted by atomic mass is 9.83. The fourth-order valence-corrected chi connectivity index (χ4v) is 3.92. The van der Waals surface area contributed by atoms with Gasteiger partial charge in [-0.15, -0.1) is 0 Å². The van der Waals surface area contributed by atoms with Crippen LogP contribution < -0.4 is 5.56 Å². The Labute approximate surface area is 148 Å². The summed E-state index contributed by atoms with van der Waals surface area (Å²) in [6, 6.07) is 3.04. The third-order valence-corrected chi connectivity index (χ3v) is 5.17. The summed E-state index contributed by atoms with van der Waals surface area (Å²) in [5.41, 5.74) is -0.164. The van der Waals surface area contributed by atoms with Crippen molar-refractivity contribution in [2.75, 3.05) is 6.61 Å². The molecular formula is C18H18N2O6. The number of allylic oxidation sites excluding steroid dienone is 2. The number of hydrogen-bond acceptors (Lipinski definition) is 6. The lowest BCUT2D eigenvalue weighted by molar-refractivity contribution is -0.158. The highest BCUT2D eigenvalue weighted by Gasteiger charge is 2.52. The summed E-state index contributed by atoms with van der Waals surface area (Å²) in [6.07, 6.45) is 4.31. The molecule has 0 amide bonds. The van der Waals surface area contributed by atoms with Crippen molar-refractivity contribution in [2.45, 2.75) is 19.9 Å². The molecule has 0 aliphatic heterocycles. The van der Waals surface area contributed by atoms with Gasteiger partial charge in [0.15, 0.2) is 0 Å². The maximum atomic E-state index is 12.4. The van der Waals surface area contributed by atoms with Gasteiger partial charge >= 0.3 is 11.9 Å². The number of aromatic nitrogens is 1. The average Bonchev–Trinajstić information content (AvgIpc) is 3.18. The summed E-state index contributed by atoms with van der Waals surface area (Å²) >= 11 is 0. The van der Waals surface area contributed by atoms with Crippen molar-refractivity contribution >= 4 is 11.9 Å². The van der Waals surface area contributed by atoms with Crippen LogP contribution in [0.25, 0.3) is 0 Å². The molecule has 4 unspecified atom stereocenters. The number of nitrogens with zero attached hydrogens (tertiary/aromatic N) is 2. The maximum absolute atomic E-state index is 12.4. The highest BCUT2D eigenvalue weighted by Crippen LogP contribution is 2.48. The number of aryl methyl sites for hydroxylation is 1. The van der Waals surface area contributed by atoms with Crippen LogP contribution in [0.2, 0.25) is 0 Å². The van der Waals surface area contributed by atoms with E-state index in [0.717, 1.165) is 4.57 Å². The lowest BCUT2D eigenvalue weighted by Crippen LogP contribution is -2.35. The fourth-order valence-electron chi connectivity index (χ4n) is 3.92. The van der Waals surface area contributed by atoms with Gasteiger partial charge in [-0.05, 0) is 30.7 Å². The fraction of sp³-hybridized carbons (Fsp3) is 0.444. The first-order valence-corrected chi connectivity index (χ1v) is 8.26. The number of carbonyl (C=O) groups excluding carboxylic acids is 1. The quantitative estimate of drug-likeness (QED) is 0.588. The number of carbonyl (C=O) groups is 2. The van der Waals surface area contributed by atoms with Gasteiger partial charge in [-0.3, -0.25) is 19.0 Å². The number of ether oxygens (including phenoxy) is 1. The van der Waals surface area contributed by atoms with Crippen molar-refractivity contribution in [3.63, 3.8) is 0 Å². The highest BCUT2D eigenvalue weighted by molar-refractivity contribution is 5.83. The molecule has 1 saturated carbocycles. The molecular weight excluding hydrogens is 340 g/mol. The van der Waals surface area contributed by atoms with Crippen molar-refractivity contribution < 1.29 is 24.5 Å². The summed E-state index contributed by atoms with van der Waals surface area (Å²) < 4.78 is 6.14. The molecule has 0 saturated heterocycles. The Morgan fingerprint density at radius 3 is 2.62 bits per heavy atom. The summed E-state index contributed by atoms with van der Waals surface area (Å²) in [6.45, 7) is 1.21. The number of aliphatic carboxylic acids is 1. The number of fused-ring (bicyclic) bond motifs is 2. The monoisotopic (exact) mass is 358 g/mol. The number of carboxylic acids is 1. The Bertz CT molecular complexity index is 894. The van der Waals surface area contributed by atoms with Gasteiger partial charge in [0.1, 0.15) is 18.2 Å². The largest absolute Gasteiger partial charge is 0.493 e. The molecule has 1 fully saturated rings. The van der Waals surface area contributed by atoms with Crippen molar-refractivity contribution in [3.05, 3.63) is 39.7 Å². The van der Waals surface area contributed by atoms with E-state index in [1.165, 1.54) is 6.07 Å². The first-order valence-electron chi connectivity index (χ1n) is 8.26. The van der Waals surface area contributed by atoms with Crippen LogP contribution in [0.3, 0.4) is 0 Å². The minimum Gasteiger partial charge on any atom is -0.493 e. The topological polar surface area (TPSA) is 130 Å². The first kappa shape index (κ1) is 17.7. The molecule has 0 aromatic carbocycles. The van der Waals surface area contributed by atoms with E-state index in [0.29, 0.717) is 12.0 Å². The normalized spacial score (nSPS) is 25.8. The third kappa shape index (κ3) is 2.86. The molecule has 2 aliphatic carbocycles. The van der Waals surface area contributed by atoms with Gasteiger partial charge in [-0.2, -0.15) is 5.26 Å². The number of carboxylic acid groups (broad SMARTS) is 1. The molecule has 1 heterocycles. The molecule has 3 rings (SSSR count). The molecule has 136 valence electrons. The second-order valence-corrected chi connectivity index (χ2v) is 6.63. The molecule has 8 heteroatoms. The van der Waals surface area contributed by atoms with Crippen LogP contribution in [-0.2, 0) is 20.9 Å². The van der Waals surface area contributed by atoms with Crippen LogP contribution in [-0.4, -0.2) is 33.3 Å². The van der Waals surface area contributed by atoms with E-state index in [-0.39, 0.29) is 30.6 Å². The molecule has 2 N–H and O–H groups in total. The molecule has 1 aromatic heterocycles. The zero-order valence-electron chi connectivity index (χ0n) is 14.1. The second kappa shape index (κ2) is 6.67. The Kier molecular flexibility index (Phi) is 4.55. The Balaban J connectivity index is 1.69. The van der Waals surface area contributed by atoms with Crippen LogP contribution in [0.5, 0.6) is 5.88 Å². The zero-order valence-corrected chi connectivity index (χ0v) is 14.1. The van der Waals surface area contributed by atoms with Crippen molar-refractivity contribution in [2.24, 2.45) is 23.7 Å².